The lowest BCUT2D eigenvalue weighted by molar-refractivity contribution is 0.0939. The van der Waals surface area contributed by atoms with Crippen molar-refractivity contribution in [1.29, 1.82) is 0 Å². The predicted octanol–water partition coefficient (Wildman–Crippen LogP) is 2.04. The van der Waals surface area contributed by atoms with Crippen LogP contribution in [0, 0.1) is 0 Å². The average molecular weight is 328 g/mol. The van der Waals surface area contributed by atoms with Crippen LogP contribution in [0.25, 0.3) is 0 Å². The maximum absolute atomic E-state index is 12.3. The Balaban J connectivity index is 1.75. The molecule has 1 aromatic heterocycles. The van der Waals surface area contributed by atoms with Gasteiger partial charge in [0.15, 0.2) is 11.5 Å². The number of aromatic nitrogens is 1. The first-order chi connectivity index (χ1) is 11.5. The highest BCUT2D eigenvalue weighted by Gasteiger charge is 2.16. The maximum Gasteiger partial charge on any atom is 0.252 e. The molecule has 0 spiro atoms. The standard InChI is InChI=1S/C18H20N2O4/c1-12(19-18(22)14-6-7-20(2)17(21)11-14)13-4-5-15-16(10-13)24-9-3-8-23-15/h4-7,10-12H,3,8-9H2,1-2H3,(H,19,22)/t12-/m1/s1. The van der Waals surface area contributed by atoms with Gasteiger partial charge in [0.05, 0.1) is 19.3 Å². The maximum atomic E-state index is 12.3. The van der Waals surface area contributed by atoms with E-state index in [0.29, 0.717) is 24.5 Å². The fourth-order valence-corrected chi connectivity index (χ4v) is 2.50. The first kappa shape index (κ1) is 16.1. The van der Waals surface area contributed by atoms with Crippen LogP contribution in [-0.4, -0.2) is 23.7 Å². The zero-order valence-electron chi connectivity index (χ0n) is 13.7. The van der Waals surface area contributed by atoms with Gasteiger partial charge in [0, 0.05) is 31.3 Å². The molecule has 1 aliphatic rings. The van der Waals surface area contributed by atoms with E-state index in [9.17, 15) is 9.59 Å². The minimum absolute atomic E-state index is 0.217. The SMILES string of the molecule is C[C@@H](NC(=O)c1ccn(C)c(=O)c1)c1ccc2c(c1)OCCCO2. The van der Waals surface area contributed by atoms with Crippen molar-refractivity contribution in [3.63, 3.8) is 0 Å². The van der Waals surface area contributed by atoms with E-state index < -0.39 is 0 Å². The second-order valence-electron chi connectivity index (χ2n) is 5.82. The van der Waals surface area contributed by atoms with Crippen molar-refractivity contribution in [2.75, 3.05) is 13.2 Å². The number of nitrogens with one attached hydrogen (secondary N) is 1. The molecule has 0 saturated carbocycles. The number of hydrogen-bond acceptors (Lipinski definition) is 4. The molecule has 0 radical (unpaired) electrons. The van der Waals surface area contributed by atoms with E-state index in [1.807, 2.05) is 25.1 Å². The van der Waals surface area contributed by atoms with E-state index in [0.717, 1.165) is 17.7 Å². The lowest BCUT2D eigenvalue weighted by Gasteiger charge is -2.16. The number of pyridine rings is 1. The van der Waals surface area contributed by atoms with Gasteiger partial charge in [-0.1, -0.05) is 6.07 Å². The number of benzene rings is 1. The molecule has 0 saturated heterocycles. The van der Waals surface area contributed by atoms with Crippen LogP contribution in [-0.2, 0) is 7.05 Å². The number of rotatable bonds is 3. The highest BCUT2D eigenvalue weighted by atomic mass is 16.5. The molecule has 24 heavy (non-hydrogen) atoms. The topological polar surface area (TPSA) is 69.6 Å². The van der Waals surface area contributed by atoms with Gasteiger partial charge in [-0.2, -0.15) is 0 Å². The lowest BCUT2D eigenvalue weighted by Crippen LogP contribution is -2.28. The van der Waals surface area contributed by atoms with Crippen LogP contribution in [0.3, 0.4) is 0 Å². The Morgan fingerprint density at radius 1 is 1.17 bits per heavy atom. The zero-order chi connectivity index (χ0) is 17.1. The Labute approximate surface area is 140 Å². The zero-order valence-corrected chi connectivity index (χ0v) is 13.7. The van der Waals surface area contributed by atoms with Gasteiger partial charge in [0.2, 0.25) is 0 Å². The molecule has 6 nitrogen and oxygen atoms in total. The number of carbonyl (C=O) groups excluding carboxylic acids is 1. The van der Waals surface area contributed by atoms with Gasteiger partial charge in [0.25, 0.3) is 11.5 Å². The Morgan fingerprint density at radius 3 is 2.67 bits per heavy atom. The Kier molecular flexibility index (Phi) is 4.55. The Bertz CT molecular complexity index is 813. The van der Waals surface area contributed by atoms with Crippen LogP contribution in [0.4, 0.5) is 0 Å². The highest BCUT2D eigenvalue weighted by molar-refractivity contribution is 5.94. The first-order valence-corrected chi connectivity index (χ1v) is 7.91. The van der Waals surface area contributed by atoms with Crippen molar-refractivity contribution < 1.29 is 14.3 Å². The van der Waals surface area contributed by atoms with E-state index in [1.54, 1.807) is 19.3 Å². The van der Waals surface area contributed by atoms with Gasteiger partial charge >= 0.3 is 0 Å². The third kappa shape index (κ3) is 3.42. The highest BCUT2D eigenvalue weighted by Crippen LogP contribution is 2.32. The molecule has 1 N–H and O–H groups in total. The summed E-state index contributed by atoms with van der Waals surface area (Å²) in [5.74, 6) is 1.13. The molecule has 1 amide bonds. The van der Waals surface area contributed by atoms with Crippen molar-refractivity contribution in [2.24, 2.45) is 7.05 Å². The number of fused-ring (bicyclic) bond motifs is 1. The second-order valence-corrected chi connectivity index (χ2v) is 5.82. The van der Waals surface area contributed by atoms with Crippen LogP contribution in [0.5, 0.6) is 11.5 Å². The van der Waals surface area contributed by atoms with Crippen LogP contribution < -0.4 is 20.3 Å². The minimum atomic E-state index is -0.285. The molecule has 0 fully saturated rings. The fraction of sp³-hybridized carbons (Fsp3) is 0.333. The molecule has 1 aliphatic heterocycles. The lowest BCUT2D eigenvalue weighted by atomic mass is 10.1. The molecule has 0 aliphatic carbocycles. The van der Waals surface area contributed by atoms with Crippen molar-refractivity contribution in [3.8, 4) is 11.5 Å². The van der Waals surface area contributed by atoms with Crippen LogP contribution in [0.15, 0.2) is 41.3 Å². The van der Waals surface area contributed by atoms with Crippen LogP contribution >= 0.6 is 0 Å². The Hall–Kier alpha value is -2.76. The third-order valence-electron chi connectivity index (χ3n) is 3.99. The van der Waals surface area contributed by atoms with Gasteiger partial charge in [-0.05, 0) is 30.7 Å². The first-order valence-electron chi connectivity index (χ1n) is 7.91. The summed E-state index contributed by atoms with van der Waals surface area (Å²) < 4.78 is 12.7. The summed E-state index contributed by atoms with van der Waals surface area (Å²) in [6, 6.07) is 8.38. The van der Waals surface area contributed by atoms with Crippen molar-refractivity contribution in [3.05, 3.63) is 58.0 Å². The van der Waals surface area contributed by atoms with Crippen molar-refractivity contribution >= 4 is 5.91 Å². The molecule has 126 valence electrons. The number of ether oxygens (including phenoxy) is 2. The van der Waals surface area contributed by atoms with Gasteiger partial charge < -0.3 is 19.4 Å². The Morgan fingerprint density at radius 2 is 1.92 bits per heavy atom. The fourth-order valence-electron chi connectivity index (χ4n) is 2.50. The number of hydrogen-bond donors (Lipinski definition) is 1. The van der Waals surface area contributed by atoms with E-state index in [4.69, 9.17) is 9.47 Å². The van der Waals surface area contributed by atoms with Gasteiger partial charge in [0.1, 0.15) is 0 Å². The number of nitrogens with zero attached hydrogens (tertiary/aromatic N) is 1. The summed E-state index contributed by atoms with van der Waals surface area (Å²) in [5.41, 5.74) is 1.04. The normalized spacial score (nSPS) is 14.6. The van der Waals surface area contributed by atoms with E-state index in [1.165, 1.54) is 10.6 Å². The molecule has 3 rings (SSSR count). The molecule has 6 heteroatoms. The molecule has 1 aromatic carbocycles. The smallest absolute Gasteiger partial charge is 0.252 e. The third-order valence-corrected chi connectivity index (χ3v) is 3.99. The molecule has 0 unspecified atom stereocenters. The van der Waals surface area contributed by atoms with Gasteiger partial charge in [-0.25, -0.2) is 0 Å². The van der Waals surface area contributed by atoms with Crippen molar-refractivity contribution in [1.82, 2.24) is 9.88 Å². The summed E-state index contributed by atoms with van der Waals surface area (Å²) in [5, 5.41) is 2.90. The molecular formula is C18H20N2O4. The van der Waals surface area contributed by atoms with E-state index in [-0.39, 0.29) is 17.5 Å². The van der Waals surface area contributed by atoms with Crippen molar-refractivity contribution in [2.45, 2.75) is 19.4 Å². The van der Waals surface area contributed by atoms with E-state index >= 15 is 0 Å². The quantitative estimate of drug-likeness (QED) is 0.936. The summed E-state index contributed by atoms with van der Waals surface area (Å²) >= 11 is 0. The van der Waals surface area contributed by atoms with E-state index in [2.05, 4.69) is 5.32 Å². The summed E-state index contributed by atoms with van der Waals surface area (Å²) in [6.07, 6.45) is 2.43. The largest absolute Gasteiger partial charge is 0.490 e. The van der Waals surface area contributed by atoms with Gasteiger partial charge in [-0.3, -0.25) is 9.59 Å². The number of aryl methyl sites for hydroxylation is 1. The average Bonchev–Trinajstić information content (AvgIpc) is 2.81. The van der Waals surface area contributed by atoms with Crippen LogP contribution in [0.2, 0.25) is 0 Å². The monoisotopic (exact) mass is 328 g/mol. The summed E-state index contributed by atoms with van der Waals surface area (Å²) in [4.78, 5) is 24.0. The molecule has 2 aromatic rings. The number of amides is 1. The molecule has 0 bridgehead atoms. The van der Waals surface area contributed by atoms with Crippen LogP contribution in [0.1, 0.15) is 35.3 Å². The summed E-state index contributed by atoms with van der Waals surface area (Å²) in [7, 11) is 1.64. The molecule has 1 atom stereocenters. The molecule has 2 heterocycles. The van der Waals surface area contributed by atoms with Gasteiger partial charge in [-0.15, -0.1) is 0 Å². The minimum Gasteiger partial charge on any atom is -0.490 e. The predicted molar refractivity (Wildman–Crippen MR) is 89.6 cm³/mol. The number of carbonyl (C=O) groups is 1. The second kappa shape index (κ2) is 6.78. The summed E-state index contributed by atoms with van der Waals surface area (Å²) in [6.45, 7) is 3.14. The molecular weight excluding hydrogens is 308 g/mol.